The Balaban J connectivity index is 1.40. The lowest BCUT2D eigenvalue weighted by molar-refractivity contribution is -0.233. The molecule has 0 radical (unpaired) electrons. The molecule has 0 amide bonds. The summed E-state index contributed by atoms with van der Waals surface area (Å²) in [6, 6.07) is 40.5. The van der Waals surface area contributed by atoms with E-state index < -0.39 is 18.3 Å². The Kier molecular flexibility index (Phi) is 14.9. The Labute approximate surface area is 310 Å². The van der Waals surface area contributed by atoms with Crippen molar-refractivity contribution in [1.29, 1.82) is 0 Å². The molecule has 276 valence electrons. The maximum absolute atomic E-state index is 13.5. The molecule has 1 aliphatic carbocycles. The van der Waals surface area contributed by atoms with Crippen LogP contribution in [0.15, 0.2) is 121 Å². The molecule has 5 atom stereocenters. The van der Waals surface area contributed by atoms with E-state index in [9.17, 15) is 4.79 Å². The summed E-state index contributed by atoms with van der Waals surface area (Å²) in [6.07, 6.45) is 4.84. The van der Waals surface area contributed by atoms with Gasteiger partial charge in [0.15, 0.2) is 0 Å². The molecule has 6 rings (SSSR count). The lowest BCUT2D eigenvalue weighted by Crippen LogP contribution is -2.70. The fourth-order valence-corrected chi connectivity index (χ4v) is 7.77. The molecular weight excluding hydrogens is 650 g/mol. The number of hydrogen-bond donors (Lipinski definition) is 0. The zero-order valence-corrected chi connectivity index (χ0v) is 30.6. The number of nitrogens with zero attached hydrogens (tertiary/aromatic N) is 1. The Morgan fingerprint density at radius 2 is 1.02 bits per heavy atom. The Bertz CT molecular complexity index is 1570. The van der Waals surface area contributed by atoms with Gasteiger partial charge in [-0.1, -0.05) is 141 Å². The van der Waals surface area contributed by atoms with Crippen LogP contribution in [0.25, 0.3) is 0 Å². The van der Waals surface area contributed by atoms with Crippen LogP contribution in [0.4, 0.5) is 0 Å². The first-order chi connectivity index (χ1) is 25.7. The van der Waals surface area contributed by atoms with Crippen LogP contribution >= 0.6 is 0 Å². The van der Waals surface area contributed by atoms with Crippen molar-refractivity contribution in [2.45, 2.75) is 102 Å². The lowest BCUT2D eigenvalue weighted by Gasteiger charge is -2.53. The van der Waals surface area contributed by atoms with Crippen LogP contribution in [0.5, 0.6) is 0 Å². The molecule has 2 aliphatic rings. The largest absolute Gasteiger partial charge is 0.466 e. The summed E-state index contributed by atoms with van der Waals surface area (Å²) in [5.74, 6) is 0.269. The number of benzene rings is 4. The SMILES string of the molecule is CCOC(=O)C[C@H]1[C@H](OCc2ccccc2)[C@@H](OCc2ccccc2)[C@H](OCc2ccccc2)[C@H](COCc2ccccc2)N1CC1CCCCC1. The van der Waals surface area contributed by atoms with Gasteiger partial charge in [-0.25, -0.2) is 0 Å². The van der Waals surface area contributed by atoms with Gasteiger partial charge in [-0.15, -0.1) is 0 Å². The molecule has 0 aromatic heterocycles. The average molecular weight is 706 g/mol. The van der Waals surface area contributed by atoms with Crippen molar-refractivity contribution in [2.75, 3.05) is 19.8 Å². The number of ether oxygens (including phenoxy) is 5. The molecule has 2 fully saturated rings. The van der Waals surface area contributed by atoms with E-state index in [4.69, 9.17) is 23.7 Å². The Hall–Kier alpha value is -3.85. The summed E-state index contributed by atoms with van der Waals surface area (Å²) < 4.78 is 33.3. The molecule has 7 heteroatoms. The fourth-order valence-electron chi connectivity index (χ4n) is 7.77. The van der Waals surface area contributed by atoms with Crippen LogP contribution in [-0.4, -0.2) is 61.0 Å². The second-order valence-corrected chi connectivity index (χ2v) is 14.1. The van der Waals surface area contributed by atoms with Gasteiger partial charge in [-0.2, -0.15) is 0 Å². The number of carbonyl (C=O) groups excluding carboxylic acids is 1. The van der Waals surface area contributed by atoms with E-state index in [1.165, 1.54) is 32.1 Å². The number of carbonyl (C=O) groups is 1. The molecule has 1 heterocycles. The summed E-state index contributed by atoms with van der Waals surface area (Å²) in [4.78, 5) is 16.0. The maximum Gasteiger partial charge on any atom is 0.307 e. The van der Waals surface area contributed by atoms with Crippen LogP contribution in [0.2, 0.25) is 0 Å². The predicted molar refractivity (Wildman–Crippen MR) is 203 cm³/mol. The predicted octanol–water partition coefficient (Wildman–Crippen LogP) is 8.55. The van der Waals surface area contributed by atoms with Crippen LogP contribution in [-0.2, 0) is 54.9 Å². The van der Waals surface area contributed by atoms with Gasteiger partial charge in [0.25, 0.3) is 0 Å². The quantitative estimate of drug-likeness (QED) is 0.0962. The van der Waals surface area contributed by atoms with E-state index in [1.54, 1.807) is 0 Å². The molecule has 1 saturated heterocycles. The minimum absolute atomic E-state index is 0.186. The highest BCUT2D eigenvalue weighted by atomic mass is 16.6. The van der Waals surface area contributed by atoms with Gasteiger partial charge >= 0.3 is 5.97 Å². The summed E-state index contributed by atoms with van der Waals surface area (Å²) in [5, 5.41) is 0. The normalized spacial score (nSPS) is 22.6. The molecule has 1 saturated carbocycles. The van der Waals surface area contributed by atoms with E-state index >= 15 is 0 Å². The average Bonchev–Trinajstić information content (AvgIpc) is 3.19. The first-order valence-corrected chi connectivity index (χ1v) is 19.2. The van der Waals surface area contributed by atoms with Crippen LogP contribution in [0.1, 0.15) is 67.7 Å². The van der Waals surface area contributed by atoms with Crippen LogP contribution in [0, 0.1) is 5.92 Å². The molecule has 4 aromatic carbocycles. The highest BCUT2D eigenvalue weighted by Crippen LogP contribution is 2.37. The summed E-state index contributed by atoms with van der Waals surface area (Å²) in [5.41, 5.74) is 4.33. The van der Waals surface area contributed by atoms with Gasteiger partial charge in [-0.05, 0) is 47.9 Å². The summed E-state index contributed by atoms with van der Waals surface area (Å²) in [7, 11) is 0. The van der Waals surface area contributed by atoms with Gasteiger partial charge in [0.1, 0.15) is 18.3 Å². The van der Waals surface area contributed by atoms with E-state index in [2.05, 4.69) is 53.4 Å². The molecule has 0 unspecified atom stereocenters. The molecular formula is C45H55NO6. The van der Waals surface area contributed by atoms with Crippen molar-refractivity contribution < 1.29 is 28.5 Å². The molecule has 0 spiro atoms. The number of likely N-dealkylation sites (tertiary alicyclic amines) is 1. The Morgan fingerprint density at radius 1 is 0.577 bits per heavy atom. The molecule has 52 heavy (non-hydrogen) atoms. The second kappa shape index (κ2) is 20.4. The van der Waals surface area contributed by atoms with Crippen LogP contribution < -0.4 is 0 Å². The minimum Gasteiger partial charge on any atom is -0.466 e. The smallest absolute Gasteiger partial charge is 0.307 e. The number of hydrogen-bond acceptors (Lipinski definition) is 7. The van der Waals surface area contributed by atoms with E-state index in [-0.39, 0.29) is 24.5 Å². The molecule has 0 bridgehead atoms. The van der Waals surface area contributed by atoms with Crippen molar-refractivity contribution >= 4 is 5.97 Å². The molecule has 1 aliphatic heterocycles. The number of piperidine rings is 1. The van der Waals surface area contributed by atoms with Crippen molar-refractivity contribution in [1.82, 2.24) is 4.90 Å². The van der Waals surface area contributed by atoms with Crippen molar-refractivity contribution in [3.63, 3.8) is 0 Å². The third-order valence-corrected chi connectivity index (χ3v) is 10.4. The standard InChI is InChI=1S/C45H55NO6/c1-2-49-42(47)28-40-43(50-31-37-22-12-5-13-23-37)45(52-33-39-26-16-7-17-27-39)44(51-32-38-24-14-6-15-25-38)41(34-48-30-36-20-10-4-11-21-36)46(40)29-35-18-8-3-9-19-35/h4-7,10-17,20-27,35,40-41,43-45H,2-3,8-9,18-19,28-34H2,1H3/t40-,41-,43-,44+,45+/m0/s1. The topological polar surface area (TPSA) is 66.5 Å². The third-order valence-electron chi connectivity index (χ3n) is 10.4. The fraction of sp³-hybridized carbons (Fsp3) is 0.444. The maximum atomic E-state index is 13.5. The molecule has 4 aromatic rings. The monoisotopic (exact) mass is 705 g/mol. The van der Waals surface area contributed by atoms with E-state index in [0.717, 1.165) is 28.8 Å². The number of rotatable bonds is 18. The van der Waals surface area contributed by atoms with Gasteiger partial charge in [0, 0.05) is 12.6 Å². The highest BCUT2D eigenvalue weighted by molar-refractivity contribution is 5.70. The first-order valence-electron chi connectivity index (χ1n) is 19.2. The number of esters is 1. The zero-order chi connectivity index (χ0) is 35.8. The van der Waals surface area contributed by atoms with Gasteiger partial charge in [-0.3, -0.25) is 9.69 Å². The minimum atomic E-state index is -0.500. The van der Waals surface area contributed by atoms with E-state index in [1.807, 2.05) is 79.7 Å². The summed E-state index contributed by atoms with van der Waals surface area (Å²) >= 11 is 0. The van der Waals surface area contributed by atoms with Crippen molar-refractivity contribution in [3.05, 3.63) is 144 Å². The zero-order valence-electron chi connectivity index (χ0n) is 30.6. The lowest BCUT2D eigenvalue weighted by atomic mass is 9.82. The van der Waals surface area contributed by atoms with Crippen molar-refractivity contribution in [3.8, 4) is 0 Å². The highest BCUT2D eigenvalue weighted by Gasteiger charge is 2.52. The first kappa shape index (κ1) is 37.9. The Morgan fingerprint density at radius 3 is 1.50 bits per heavy atom. The molecule has 0 N–H and O–H groups in total. The van der Waals surface area contributed by atoms with E-state index in [0.29, 0.717) is 45.6 Å². The van der Waals surface area contributed by atoms with Gasteiger partial charge in [0.2, 0.25) is 0 Å². The van der Waals surface area contributed by atoms with Gasteiger partial charge in [0.05, 0.1) is 52.1 Å². The third kappa shape index (κ3) is 11.1. The molecule has 7 nitrogen and oxygen atoms in total. The van der Waals surface area contributed by atoms with Crippen LogP contribution in [0.3, 0.4) is 0 Å². The van der Waals surface area contributed by atoms with Crippen molar-refractivity contribution in [2.24, 2.45) is 5.92 Å². The second-order valence-electron chi connectivity index (χ2n) is 14.1. The summed E-state index contributed by atoms with van der Waals surface area (Å²) in [6.45, 7) is 5.08. The van der Waals surface area contributed by atoms with Gasteiger partial charge < -0.3 is 23.7 Å².